The minimum atomic E-state index is 0. The van der Waals surface area contributed by atoms with Gasteiger partial charge in [0.1, 0.15) is 0 Å². The highest BCUT2D eigenvalue weighted by molar-refractivity contribution is 5.85. The molecule has 0 bridgehead atoms. The lowest BCUT2D eigenvalue weighted by atomic mass is 10.1. The molecule has 0 atom stereocenters. The first kappa shape index (κ1) is 11.5. The number of hydrogen-bond acceptors (Lipinski definition) is 2. The van der Waals surface area contributed by atoms with Gasteiger partial charge >= 0.3 is 0 Å². The molecule has 3 heteroatoms. The molecule has 0 aromatic carbocycles. The molecule has 9 heavy (non-hydrogen) atoms. The molecule has 54 valence electrons. The van der Waals surface area contributed by atoms with Crippen LogP contribution in [0.1, 0.15) is 20.8 Å². The second kappa shape index (κ2) is 4.60. The predicted octanol–water partition coefficient (Wildman–Crippen LogP) is 1.32. The third-order valence-electron chi connectivity index (χ3n) is 0.698. The van der Waals surface area contributed by atoms with Crippen LogP contribution in [-0.4, -0.2) is 12.1 Å². The van der Waals surface area contributed by atoms with Crippen LogP contribution in [0, 0.1) is 11.3 Å². The molecule has 1 N–H and O–H groups in total. The highest BCUT2D eigenvalue weighted by atomic mass is 35.5. The van der Waals surface area contributed by atoms with E-state index in [9.17, 15) is 0 Å². The Morgan fingerprint density at radius 2 is 1.89 bits per heavy atom. The zero-order valence-corrected chi connectivity index (χ0v) is 6.88. The van der Waals surface area contributed by atoms with Crippen LogP contribution < -0.4 is 5.32 Å². The molecular formula is C6H13ClN2. The Balaban J connectivity index is 0. The number of halogens is 1. The first-order valence-corrected chi connectivity index (χ1v) is 2.68. The van der Waals surface area contributed by atoms with Crippen molar-refractivity contribution in [2.24, 2.45) is 0 Å². The van der Waals surface area contributed by atoms with Crippen molar-refractivity contribution in [3.05, 3.63) is 0 Å². The van der Waals surface area contributed by atoms with Crippen molar-refractivity contribution in [3.63, 3.8) is 0 Å². The van der Waals surface area contributed by atoms with Crippen molar-refractivity contribution in [1.82, 2.24) is 5.32 Å². The quantitative estimate of drug-likeness (QED) is 0.570. The highest BCUT2D eigenvalue weighted by Gasteiger charge is 2.05. The maximum atomic E-state index is 8.12. The summed E-state index contributed by atoms with van der Waals surface area (Å²) in [7, 11) is 0. The molecule has 0 radical (unpaired) electrons. The fourth-order valence-corrected chi connectivity index (χ4v) is 0.305. The van der Waals surface area contributed by atoms with Crippen molar-refractivity contribution in [2.75, 3.05) is 6.54 Å². The van der Waals surface area contributed by atoms with E-state index in [1.165, 1.54) is 0 Å². The monoisotopic (exact) mass is 148 g/mol. The Morgan fingerprint density at radius 1 is 1.44 bits per heavy atom. The molecule has 0 aromatic rings. The van der Waals surface area contributed by atoms with Gasteiger partial charge in [-0.2, -0.15) is 5.26 Å². The van der Waals surface area contributed by atoms with Crippen LogP contribution >= 0.6 is 12.4 Å². The van der Waals surface area contributed by atoms with Gasteiger partial charge in [0.2, 0.25) is 0 Å². The second-order valence-electron chi connectivity index (χ2n) is 2.76. The van der Waals surface area contributed by atoms with E-state index < -0.39 is 0 Å². The summed E-state index contributed by atoms with van der Waals surface area (Å²) in [6, 6.07) is 2.01. The van der Waals surface area contributed by atoms with E-state index in [2.05, 4.69) is 5.32 Å². The average molecular weight is 149 g/mol. The zero-order valence-electron chi connectivity index (χ0n) is 6.06. The smallest absolute Gasteiger partial charge is 0.0844 e. The van der Waals surface area contributed by atoms with Crippen LogP contribution in [0.5, 0.6) is 0 Å². The lowest BCUT2D eigenvalue weighted by Crippen LogP contribution is -2.35. The maximum absolute atomic E-state index is 8.12. The molecule has 0 rings (SSSR count). The topological polar surface area (TPSA) is 35.8 Å². The van der Waals surface area contributed by atoms with E-state index in [1.807, 2.05) is 26.8 Å². The van der Waals surface area contributed by atoms with Gasteiger partial charge in [0.15, 0.2) is 0 Å². The minimum Gasteiger partial charge on any atom is -0.300 e. The molecule has 0 saturated carbocycles. The van der Waals surface area contributed by atoms with Gasteiger partial charge < -0.3 is 0 Å². The molecule has 0 aromatic heterocycles. The number of hydrogen-bond donors (Lipinski definition) is 1. The van der Waals surface area contributed by atoms with E-state index in [4.69, 9.17) is 5.26 Å². The van der Waals surface area contributed by atoms with Crippen molar-refractivity contribution in [1.29, 1.82) is 5.26 Å². The molecule has 0 spiro atoms. The Morgan fingerprint density at radius 3 is 2.00 bits per heavy atom. The summed E-state index contributed by atoms with van der Waals surface area (Å²) < 4.78 is 0. The van der Waals surface area contributed by atoms with Crippen LogP contribution in [0.25, 0.3) is 0 Å². The molecule has 0 heterocycles. The molecular weight excluding hydrogens is 136 g/mol. The second-order valence-corrected chi connectivity index (χ2v) is 2.76. The van der Waals surface area contributed by atoms with Gasteiger partial charge in [-0.25, -0.2) is 0 Å². The van der Waals surface area contributed by atoms with Gasteiger partial charge in [-0.3, -0.25) is 5.32 Å². The Hall–Kier alpha value is -0.260. The van der Waals surface area contributed by atoms with Gasteiger partial charge in [0.05, 0.1) is 12.6 Å². The third kappa shape index (κ3) is 11.4. The first-order chi connectivity index (χ1) is 3.56. The van der Waals surface area contributed by atoms with E-state index in [0.717, 1.165) is 0 Å². The summed E-state index contributed by atoms with van der Waals surface area (Å²) in [5.74, 6) is 0. The summed E-state index contributed by atoms with van der Waals surface area (Å²) in [5.41, 5.74) is 0.0791. The van der Waals surface area contributed by atoms with Gasteiger partial charge in [-0.05, 0) is 20.8 Å². The van der Waals surface area contributed by atoms with Crippen LogP contribution in [0.3, 0.4) is 0 Å². The van der Waals surface area contributed by atoms with Gasteiger partial charge in [-0.15, -0.1) is 12.4 Å². The molecule has 0 amide bonds. The maximum Gasteiger partial charge on any atom is 0.0844 e. The third-order valence-corrected chi connectivity index (χ3v) is 0.698. The summed E-state index contributed by atoms with van der Waals surface area (Å²) in [6.45, 7) is 6.53. The zero-order chi connectivity index (χ0) is 6.62. The van der Waals surface area contributed by atoms with Crippen molar-refractivity contribution in [3.8, 4) is 6.07 Å². The molecule has 0 saturated heterocycles. The van der Waals surface area contributed by atoms with E-state index in [0.29, 0.717) is 6.54 Å². The SMILES string of the molecule is CC(C)(C)NCC#N.Cl. The van der Waals surface area contributed by atoms with Crippen molar-refractivity contribution < 1.29 is 0 Å². The Bertz CT molecular complexity index is 98.6. The molecule has 2 nitrogen and oxygen atoms in total. The Kier molecular flexibility index (Phi) is 5.89. The van der Waals surface area contributed by atoms with Crippen LogP contribution in [0.15, 0.2) is 0 Å². The molecule has 0 unspecified atom stereocenters. The standard InChI is InChI=1S/C6H12N2.ClH/c1-6(2,3)8-5-4-7;/h8H,5H2,1-3H3;1H. The fraction of sp³-hybridized carbons (Fsp3) is 0.833. The number of nitrogens with zero attached hydrogens (tertiary/aromatic N) is 1. The summed E-state index contributed by atoms with van der Waals surface area (Å²) in [6.07, 6.45) is 0. The highest BCUT2D eigenvalue weighted by Crippen LogP contribution is 1.95. The van der Waals surface area contributed by atoms with Gasteiger partial charge in [-0.1, -0.05) is 0 Å². The largest absolute Gasteiger partial charge is 0.300 e. The van der Waals surface area contributed by atoms with Crippen LogP contribution in [-0.2, 0) is 0 Å². The molecule has 0 fully saturated rings. The number of rotatable bonds is 1. The van der Waals surface area contributed by atoms with Crippen molar-refractivity contribution in [2.45, 2.75) is 26.3 Å². The lowest BCUT2D eigenvalue weighted by Gasteiger charge is -2.17. The number of nitriles is 1. The number of nitrogens with one attached hydrogen (secondary N) is 1. The predicted molar refractivity (Wildman–Crippen MR) is 40.6 cm³/mol. The van der Waals surface area contributed by atoms with Crippen molar-refractivity contribution >= 4 is 12.4 Å². The minimum absolute atomic E-state index is 0. The van der Waals surface area contributed by atoms with Crippen LogP contribution in [0.2, 0.25) is 0 Å². The first-order valence-electron chi connectivity index (χ1n) is 2.68. The lowest BCUT2D eigenvalue weighted by molar-refractivity contribution is 0.451. The normalized spacial score (nSPS) is 9.56. The van der Waals surface area contributed by atoms with E-state index >= 15 is 0 Å². The van der Waals surface area contributed by atoms with Gasteiger partial charge in [0, 0.05) is 5.54 Å². The summed E-state index contributed by atoms with van der Waals surface area (Å²) >= 11 is 0. The molecule has 0 aliphatic rings. The molecule has 0 aliphatic carbocycles. The Labute approximate surface area is 62.7 Å². The molecule has 0 aliphatic heterocycles. The summed E-state index contributed by atoms with van der Waals surface area (Å²) in [4.78, 5) is 0. The van der Waals surface area contributed by atoms with E-state index in [-0.39, 0.29) is 17.9 Å². The van der Waals surface area contributed by atoms with Gasteiger partial charge in [0.25, 0.3) is 0 Å². The fourth-order valence-electron chi connectivity index (χ4n) is 0.305. The van der Waals surface area contributed by atoms with Crippen LogP contribution in [0.4, 0.5) is 0 Å². The van der Waals surface area contributed by atoms with E-state index in [1.54, 1.807) is 0 Å². The summed E-state index contributed by atoms with van der Waals surface area (Å²) in [5, 5.41) is 11.1. The average Bonchev–Trinajstić information content (AvgIpc) is 1.59.